The summed E-state index contributed by atoms with van der Waals surface area (Å²) in [5.41, 5.74) is 12.4. The second-order valence-electron chi connectivity index (χ2n) is 9.83. The minimum atomic E-state index is -0.833. The third kappa shape index (κ3) is 6.40. The van der Waals surface area contributed by atoms with E-state index in [1.165, 1.54) is 0 Å². The van der Waals surface area contributed by atoms with E-state index >= 15 is 0 Å². The van der Waals surface area contributed by atoms with Gasteiger partial charge in [0.1, 0.15) is 18.1 Å². The van der Waals surface area contributed by atoms with E-state index in [9.17, 15) is 4.79 Å². The fourth-order valence-corrected chi connectivity index (χ4v) is 4.88. The number of aliphatic carboxylic acids is 1. The van der Waals surface area contributed by atoms with Gasteiger partial charge in [-0.1, -0.05) is 72.8 Å². The molecule has 0 aliphatic heterocycles. The number of ether oxygens (including phenoxy) is 1. The number of aromatic nitrogens is 3. The van der Waals surface area contributed by atoms with Crippen molar-refractivity contribution in [3.8, 4) is 28.1 Å². The van der Waals surface area contributed by atoms with Gasteiger partial charge in [0.2, 0.25) is 0 Å². The fraction of sp³-hybridized carbons (Fsp3) is 0.147. The predicted molar refractivity (Wildman–Crippen MR) is 166 cm³/mol. The molecular formula is C34H32N4O4. The maximum Gasteiger partial charge on any atom is 0.300 e. The number of aryl methyl sites for hydroxylation is 1. The van der Waals surface area contributed by atoms with Crippen LogP contribution in [0.3, 0.4) is 0 Å². The summed E-state index contributed by atoms with van der Waals surface area (Å²) in [4.78, 5) is 30.3. The monoisotopic (exact) mass is 560 g/mol. The first-order valence-corrected chi connectivity index (χ1v) is 13.7. The summed E-state index contributed by atoms with van der Waals surface area (Å²) >= 11 is 0. The zero-order valence-corrected chi connectivity index (χ0v) is 23.3. The molecule has 4 N–H and O–H groups in total. The van der Waals surface area contributed by atoms with Gasteiger partial charge >= 0.3 is 0 Å². The van der Waals surface area contributed by atoms with Crippen LogP contribution in [-0.4, -0.2) is 32.2 Å². The first-order chi connectivity index (χ1) is 20.4. The Morgan fingerprint density at radius 3 is 2.38 bits per heavy atom. The van der Waals surface area contributed by atoms with Crippen molar-refractivity contribution in [3.05, 3.63) is 119 Å². The number of benzene rings is 4. The summed E-state index contributed by atoms with van der Waals surface area (Å²) in [5.74, 6) is -0.0632. The molecule has 0 aliphatic rings. The Balaban J connectivity index is 0.000000830. The molecule has 0 spiro atoms. The number of aromatic amines is 1. The SMILES string of the molecule is CC(=O)O.NCCCn1cc(-c2nc3c(-c4ccccc4)cccc3[nH]c2=O)c2ccc(OCc3ccccc3)cc21. The van der Waals surface area contributed by atoms with Gasteiger partial charge < -0.3 is 25.1 Å². The number of H-pyrrole nitrogens is 1. The maximum atomic E-state index is 13.3. The highest BCUT2D eigenvalue weighted by atomic mass is 16.5. The molecule has 42 heavy (non-hydrogen) atoms. The number of hydrogen-bond donors (Lipinski definition) is 3. The molecule has 2 heterocycles. The van der Waals surface area contributed by atoms with E-state index < -0.39 is 5.97 Å². The van der Waals surface area contributed by atoms with Crippen LogP contribution in [0.1, 0.15) is 18.9 Å². The van der Waals surface area contributed by atoms with Crippen molar-refractivity contribution in [1.29, 1.82) is 0 Å². The smallest absolute Gasteiger partial charge is 0.300 e. The van der Waals surface area contributed by atoms with Crippen LogP contribution in [0.4, 0.5) is 0 Å². The number of carboxylic acid groups (broad SMARTS) is 1. The van der Waals surface area contributed by atoms with E-state index in [2.05, 4.69) is 21.7 Å². The number of nitrogens with two attached hydrogens (primary N) is 1. The van der Waals surface area contributed by atoms with E-state index in [1.54, 1.807) is 0 Å². The van der Waals surface area contributed by atoms with E-state index in [1.807, 2.05) is 91.1 Å². The van der Waals surface area contributed by atoms with Crippen LogP contribution in [0.2, 0.25) is 0 Å². The number of carbonyl (C=O) groups is 1. The fourth-order valence-electron chi connectivity index (χ4n) is 4.88. The molecule has 6 rings (SSSR count). The van der Waals surface area contributed by atoms with Crippen LogP contribution < -0.4 is 16.0 Å². The number of fused-ring (bicyclic) bond motifs is 2. The topological polar surface area (TPSA) is 123 Å². The molecule has 0 saturated carbocycles. The lowest BCUT2D eigenvalue weighted by Gasteiger charge is -2.09. The Kier molecular flexibility index (Phi) is 8.75. The standard InChI is InChI=1S/C32H28N4O2.C2H4O2/c33-17-8-18-36-20-27(26-16-15-24(19-29(26)36)38-21-22-9-3-1-4-10-22)31-32(37)34-28-14-7-13-25(30(28)35-31)23-11-5-2-6-12-23;1-2(3)4/h1-7,9-16,19-20H,8,17-18,21,33H2,(H,34,37);1H3,(H,3,4). The number of para-hydroxylation sites is 1. The molecule has 0 atom stereocenters. The average molecular weight is 561 g/mol. The van der Waals surface area contributed by atoms with E-state index in [4.69, 9.17) is 25.4 Å². The molecule has 0 saturated heterocycles. The van der Waals surface area contributed by atoms with Crippen LogP contribution >= 0.6 is 0 Å². The average Bonchev–Trinajstić information content (AvgIpc) is 3.36. The molecule has 8 heteroatoms. The van der Waals surface area contributed by atoms with Crippen LogP contribution in [-0.2, 0) is 17.9 Å². The van der Waals surface area contributed by atoms with Crippen molar-refractivity contribution in [2.24, 2.45) is 5.73 Å². The molecule has 0 radical (unpaired) electrons. The number of nitrogens with zero attached hydrogens (tertiary/aromatic N) is 2. The number of carboxylic acids is 1. The van der Waals surface area contributed by atoms with Crippen LogP contribution in [0.5, 0.6) is 5.75 Å². The summed E-state index contributed by atoms with van der Waals surface area (Å²) < 4.78 is 8.24. The van der Waals surface area contributed by atoms with Gasteiger partial charge in [-0.25, -0.2) is 4.98 Å². The minimum absolute atomic E-state index is 0.218. The summed E-state index contributed by atoms with van der Waals surface area (Å²) in [5, 5.41) is 8.36. The van der Waals surface area contributed by atoms with Crippen molar-refractivity contribution >= 4 is 27.9 Å². The van der Waals surface area contributed by atoms with Crippen LogP contribution in [0.15, 0.2) is 108 Å². The zero-order valence-electron chi connectivity index (χ0n) is 23.3. The Morgan fingerprint density at radius 1 is 0.952 bits per heavy atom. The van der Waals surface area contributed by atoms with Gasteiger partial charge in [0.15, 0.2) is 0 Å². The molecule has 212 valence electrons. The van der Waals surface area contributed by atoms with Gasteiger partial charge in [0, 0.05) is 42.2 Å². The molecular weight excluding hydrogens is 528 g/mol. The van der Waals surface area contributed by atoms with E-state index in [0.29, 0.717) is 24.4 Å². The van der Waals surface area contributed by atoms with E-state index in [0.717, 1.165) is 64.3 Å². The normalized spacial score (nSPS) is 10.8. The zero-order chi connectivity index (χ0) is 29.5. The second-order valence-corrected chi connectivity index (χ2v) is 9.83. The molecule has 0 fully saturated rings. The summed E-state index contributed by atoms with van der Waals surface area (Å²) in [6.45, 7) is 2.88. The third-order valence-electron chi connectivity index (χ3n) is 6.77. The largest absolute Gasteiger partial charge is 0.489 e. The maximum absolute atomic E-state index is 13.3. The molecule has 4 aromatic carbocycles. The molecule has 0 bridgehead atoms. The second kappa shape index (κ2) is 13.0. The van der Waals surface area contributed by atoms with Crippen molar-refractivity contribution < 1.29 is 14.6 Å². The van der Waals surface area contributed by atoms with Gasteiger partial charge in [-0.3, -0.25) is 9.59 Å². The molecule has 8 nitrogen and oxygen atoms in total. The Hall–Kier alpha value is -5.21. The highest BCUT2D eigenvalue weighted by molar-refractivity contribution is 5.98. The Morgan fingerprint density at radius 2 is 1.67 bits per heavy atom. The van der Waals surface area contributed by atoms with Crippen LogP contribution in [0.25, 0.3) is 44.3 Å². The van der Waals surface area contributed by atoms with Crippen molar-refractivity contribution in [3.63, 3.8) is 0 Å². The number of rotatable bonds is 8. The minimum Gasteiger partial charge on any atom is -0.489 e. The van der Waals surface area contributed by atoms with E-state index in [-0.39, 0.29) is 5.56 Å². The Labute approximate surface area is 243 Å². The van der Waals surface area contributed by atoms with Gasteiger partial charge in [0.05, 0.1) is 16.6 Å². The van der Waals surface area contributed by atoms with Gasteiger partial charge in [0.25, 0.3) is 11.5 Å². The lowest BCUT2D eigenvalue weighted by molar-refractivity contribution is -0.134. The highest BCUT2D eigenvalue weighted by Gasteiger charge is 2.17. The van der Waals surface area contributed by atoms with Gasteiger partial charge in [-0.15, -0.1) is 0 Å². The van der Waals surface area contributed by atoms with Crippen molar-refractivity contribution in [1.82, 2.24) is 14.5 Å². The summed E-state index contributed by atoms with van der Waals surface area (Å²) in [6, 6.07) is 32.0. The summed E-state index contributed by atoms with van der Waals surface area (Å²) in [7, 11) is 0. The molecule has 6 aromatic rings. The number of nitrogens with one attached hydrogen (secondary N) is 1. The molecule has 0 amide bonds. The van der Waals surface area contributed by atoms with Gasteiger partial charge in [-0.05, 0) is 42.3 Å². The lowest BCUT2D eigenvalue weighted by Crippen LogP contribution is -2.11. The number of hydrogen-bond acceptors (Lipinski definition) is 5. The predicted octanol–water partition coefficient (Wildman–Crippen LogP) is 6.23. The first-order valence-electron chi connectivity index (χ1n) is 13.7. The first kappa shape index (κ1) is 28.3. The summed E-state index contributed by atoms with van der Waals surface area (Å²) in [6.07, 6.45) is 2.83. The lowest BCUT2D eigenvalue weighted by atomic mass is 10.0. The quantitative estimate of drug-likeness (QED) is 0.203. The van der Waals surface area contributed by atoms with Crippen molar-refractivity contribution in [2.75, 3.05) is 6.54 Å². The van der Waals surface area contributed by atoms with Crippen LogP contribution in [0, 0.1) is 0 Å². The third-order valence-corrected chi connectivity index (χ3v) is 6.77. The molecule has 0 unspecified atom stereocenters. The van der Waals surface area contributed by atoms with Gasteiger partial charge in [-0.2, -0.15) is 0 Å². The highest BCUT2D eigenvalue weighted by Crippen LogP contribution is 2.33. The van der Waals surface area contributed by atoms with Crippen molar-refractivity contribution in [2.45, 2.75) is 26.5 Å². The molecule has 0 aliphatic carbocycles. The Bertz CT molecular complexity index is 1880. The molecule has 2 aromatic heterocycles.